The molecule has 5 nitrogen and oxygen atoms in total. The van der Waals surface area contributed by atoms with Crippen molar-refractivity contribution in [2.24, 2.45) is 16.6 Å². The zero-order chi connectivity index (χ0) is 8.97. The number of rotatable bonds is 3. The molecular weight excluding hydrogens is 212 g/mol. The van der Waals surface area contributed by atoms with Gasteiger partial charge < -0.3 is 16.3 Å². The van der Waals surface area contributed by atoms with Gasteiger partial charge in [-0.3, -0.25) is 0 Å². The minimum atomic E-state index is 0. The molecule has 1 rings (SSSR count). The molecule has 1 aromatic heterocycles. The molecule has 0 unspecified atom stereocenters. The van der Waals surface area contributed by atoms with Crippen LogP contribution in [0, 0.1) is 0 Å². The van der Waals surface area contributed by atoms with Crippen molar-refractivity contribution in [3.05, 3.63) is 16.1 Å². The molecule has 0 radical (unpaired) electrons. The summed E-state index contributed by atoms with van der Waals surface area (Å²) in [6.07, 6.45) is 0. The Balaban J connectivity index is 0.00000144. The summed E-state index contributed by atoms with van der Waals surface area (Å²) in [6, 6.07) is 0. The van der Waals surface area contributed by atoms with Gasteiger partial charge in [-0.15, -0.1) is 23.7 Å². The third-order valence-electron chi connectivity index (χ3n) is 1.18. The van der Waals surface area contributed by atoms with Crippen LogP contribution in [0.25, 0.3) is 0 Å². The summed E-state index contributed by atoms with van der Waals surface area (Å²) in [7, 11) is 1.43. The number of aromatic nitrogens is 1. The highest BCUT2D eigenvalue weighted by Gasteiger charge is 2.03. The predicted octanol–water partition coefficient (Wildman–Crippen LogP) is 0.290. The van der Waals surface area contributed by atoms with E-state index in [4.69, 9.17) is 11.5 Å². The van der Waals surface area contributed by atoms with E-state index in [1.54, 1.807) is 5.38 Å². The zero-order valence-electron chi connectivity index (χ0n) is 7.06. The van der Waals surface area contributed by atoms with Gasteiger partial charge in [0, 0.05) is 11.9 Å². The van der Waals surface area contributed by atoms with Crippen LogP contribution >= 0.6 is 23.7 Å². The number of nitrogens with zero attached hydrogens (tertiary/aromatic N) is 2. The summed E-state index contributed by atoms with van der Waals surface area (Å²) in [5, 5.41) is 6.16. The fourth-order valence-electron chi connectivity index (χ4n) is 0.667. The van der Waals surface area contributed by atoms with E-state index in [1.165, 1.54) is 18.4 Å². The molecule has 7 heteroatoms. The van der Waals surface area contributed by atoms with Crippen molar-refractivity contribution >= 4 is 29.6 Å². The number of hydrogen-bond acceptors (Lipinski definition) is 5. The van der Waals surface area contributed by atoms with Gasteiger partial charge >= 0.3 is 0 Å². The Hall–Kier alpha value is -0.850. The van der Waals surface area contributed by atoms with E-state index in [0.717, 1.165) is 5.01 Å². The summed E-state index contributed by atoms with van der Waals surface area (Å²) in [5.74, 6) is 0.272. The standard InChI is InChI=1S/C6H10N4OS.ClH/c1-11-10-6(8)4-3-12-5(2-7)9-4;/h3H,2,7H2,1H3,(H2,8,10);1H. The molecule has 13 heavy (non-hydrogen) atoms. The first kappa shape index (κ1) is 12.2. The van der Waals surface area contributed by atoms with Crippen LogP contribution in [-0.2, 0) is 11.4 Å². The number of nitrogens with two attached hydrogens (primary N) is 2. The first-order valence-corrected chi connectivity index (χ1v) is 4.17. The van der Waals surface area contributed by atoms with Gasteiger partial charge in [0.1, 0.15) is 17.8 Å². The third kappa shape index (κ3) is 3.17. The smallest absolute Gasteiger partial charge is 0.189 e. The van der Waals surface area contributed by atoms with E-state index in [9.17, 15) is 0 Å². The van der Waals surface area contributed by atoms with E-state index >= 15 is 0 Å². The Bertz CT molecular complexity index is 288. The lowest BCUT2D eigenvalue weighted by Gasteiger charge is -1.92. The molecule has 0 atom stereocenters. The molecule has 0 bridgehead atoms. The van der Waals surface area contributed by atoms with Crippen molar-refractivity contribution in [3.8, 4) is 0 Å². The molecule has 74 valence electrons. The van der Waals surface area contributed by atoms with E-state index in [0.29, 0.717) is 12.2 Å². The minimum absolute atomic E-state index is 0. The molecule has 0 aliphatic carbocycles. The Morgan fingerprint density at radius 1 is 1.77 bits per heavy atom. The molecule has 0 aromatic carbocycles. The number of thiazole rings is 1. The molecule has 0 fully saturated rings. The first-order chi connectivity index (χ1) is 5.77. The van der Waals surface area contributed by atoms with Crippen LogP contribution in [-0.4, -0.2) is 17.9 Å². The monoisotopic (exact) mass is 222 g/mol. The SMILES string of the molecule is CON=C(N)c1csc(CN)n1.Cl. The van der Waals surface area contributed by atoms with Gasteiger partial charge in [0.15, 0.2) is 5.84 Å². The summed E-state index contributed by atoms with van der Waals surface area (Å²) >= 11 is 1.45. The number of amidine groups is 1. The Morgan fingerprint density at radius 3 is 2.92 bits per heavy atom. The molecule has 0 aliphatic rings. The number of halogens is 1. The quantitative estimate of drug-likeness (QED) is 0.437. The molecule has 0 saturated carbocycles. The van der Waals surface area contributed by atoms with Crippen molar-refractivity contribution in [2.75, 3.05) is 7.11 Å². The number of oxime groups is 1. The van der Waals surface area contributed by atoms with Gasteiger partial charge in [-0.05, 0) is 0 Å². The van der Waals surface area contributed by atoms with Crippen LogP contribution in [0.3, 0.4) is 0 Å². The van der Waals surface area contributed by atoms with Crippen molar-refractivity contribution < 1.29 is 4.84 Å². The van der Waals surface area contributed by atoms with Gasteiger partial charge in [-0.1, -0.05) is 5.16 Å². The van der Waals surface area contributed by atoms with Crippen molar-refractivity contribution in [1.29, 1.82) is 0 Å². The van der Waals surface area contributed by atoms with Crippen LogP contribution < -0.4 is 11.5 Å². The molecule has 4 N–H and O–H groups in total. The predicted molar refractivity (Wildman–Crippen MR) is 55.0 cm³/mol. The van der Waals surface area contributed by atoms with Crippen LogP contribution in [0.15, 0.2) is 10.5 Å². The lowest BCUT2D eigenvalue weighted by atomic mass is 10.5. The second-order valence-electron chi connectivity index (χ2n) is 1.99. The second-order valence-corrected chi connectivity index (χ2v) is 2.93. The van der Waals surface area contributed by atoms with E-state index in [-0.39, 0.29) is 18.2 Å². The minimum Gasteiger partial charge on any atom is -0.397 e. The second kappa shape index (κ2) is 5.74. The van der Waals surface area contributed by atoms with Gasteiger partial charge in [-0.2, -0.15) is 0 Å². The molecule has 0 spiro atoms. The fraction of sp³-hybridized carbons (Fsp3) is 0.333. The molecule has 0 saturated heterocycles. The zero-order valence-corrected chi connectivity index (χ0v) is 8.69. The highest BCUT2D eigenvalue weighted by Crippen LogP contribution is 2.08. The Morgan fingerprint density at radius 2 is 2.46 bits per heavy atom. The largest absolute Gasteiger partial charge is 0.397 e. The van der Waals surface area contributed by atoms with Crippen molar-refractivity contribution in [2.45, 2.75) is 6.54 Å². The van der Waals surface area contributed by atoms with Crippen LogP contribution in [0.5, 0.6) is 0 Å². The fourth-order valence-corrected chi connectivity index (χ4v) is 1.34. The number of hydrogen-bond donors (Lipinski definition) is 2. The average molecular weight is 223 g/mol. The van der Waals surface area contributed by atoms with Crippen molar-refractivity contribution in [1.82, 2.24) is 4.98 Å². The molecule has 0 amide bonds. The maximum atomic E-state index is 5.50. The van der Waals surface area contributed by atoms with Crippen molar-refractivity contribution in [3.63, 3.8) is 0 Å². The molecule has 1 heterocycles. The van der Waals surface area contributed by atoms with Gasteiger partial charge in [0.25, 0.3) is 0 Å². The Labute approximate surface area is 86.2 Å². The Kier molecular flexibility index (Phi) is 5.36. The topological polar surface area (TPSA) is 86.5 Å². The maximum absolute atomic E-state index is 5.50. The average Bonchev–Trinajstić information content (AvgIpc) is 2.52. The first-order valence-electron chi connectivity index (χ1n) is 3.29. The van der Waals surface area contributed by atoms with E-state index in [1.807, 2.05) is 0 Å². The maximum Gasteiger partial charge on any atom is 0.189 e. The molecule has 0 aliphatic heterocycles. The lowest BCUT2D eigenvalue weighted by molar-refractivity contribution is 0.213. The normalized spacial score (nSPS) is 10.8. The molecule has 1 aromatic rings. The highest BCUT2D eigenvalue weighted by molar-refractivity contribution is 7.09. The summed E-state index contributed by atoms with van der Waals surface area (Å²) in [6.45, 7) is 0.422. The lowest BCUT2D eigenvalue weighted by Crippen LogP contribution is -2.14. The van der Waals surface area contributed by atoms with Gasteiger partial charge in [0.05, 0.1) is 0 Å². The summed E-state index contributed by atoms with van der Waals surface area (Å²) in [4.78, 5) is 8.60. The van der Waals surface area contributed by atoms with Gasteiger partial charge in [-0.25, -0.2) is 4.98 Å². The van der Waals surface area contributed by atoms with E-state index in [2.05, 4.69) is 15.0 Å². The van der Waals surface area contributed by atoms with Crippen LogP contribution in [0.4, 0.5) is 0 Å². The van der Waals surface area contributed by atoms with E-state index < -0.39 is 0 Å². The molecular formula is C6H11ClN4OS. The van der Waals surface area contributed by atoms with Crippen LogP contribution in [0.1, 0.15) is 10.7 Å². The van der Waals surface area contributed by atoms with Crippen LogP contribution in [0.2, 0.25) is 0 Å². The summed E-state index contributed by atoms with van der Waals surface area (Å²) < 4.78 is 0. The highest BCUT2D eigenvalue weighted by atomic mass is 35.5. The summed E-state index contributed by atoms with van der Waals surface area (Å²) in [5.41, 5.74) is 11.5. The van der Waals surface area contributed by atoms with Gasteiger partial charge in [0.2, 0.25) is 0 Å². The third-order valence-corrected chi connectivity index (χ3v) is 2.05.